The maximum absolute atomic E-state index is 5.55. The summed E-state index contributed by atoms with van der Waals surface area (Å²) in [5, 5.41) is 7.62. The second-order valence-corrected chi connectivity index (χ2v) is 5.98. The predicted octanol–water partition coefficient (Wildman–Crippen LogP) is 2.43. The predicted molar refractivity (Wildman–Crippen MR) is 72.7 cm³/mol. The van der Waals surface area contributed by atoms with Crippen molar-refractivity contribution < 1.29 is 4.52 Å². The normalized spacial score (nSPS) is 29.2. The van der Waals surface area contributed by atoms with Gasteiger partial charge in [0.25, 0.3) is 0 Å². The van der Waals surface area contributed by atoms with Gasteiger partial charge < -0.3 is 9.84 Å². The summed E-state index contributed by atoms with van der Waals surface area (Å²) >= 11 is 0. The van der Waals surface area contributed by atoms with Gasteiger partial charge in [0.05, 0.1) is 12.1 Å². The molecule has 2 aliphatic heterocycles. The Labute approximate surface area is 114 Å². The highest BCUT2D eigenvalue weighted by Crippen LogP contribution is 2.32. The van der Waals surface area contributed by atoms with Gasteiger partial charge in [-0.05, 0) is 52.6 Å². The number of piperidine rings is 1. The van der Waals surface area contributed by atoms with Crippen molar-refractivity contribution in [1.82, 2.24) is 20.4 Å². The molecule has 3 heterocycles. The quantitative estimate of drug-likeness (QED) is 0.908. The van der Waals surface area contributed by atoms with Crippen molar-refractivity contribution in [1.29, 1.82) is 0 Å². The first-order valence-corrected chi connectivity index (χ1v) is 7.58. The Balaban J connectivity index is 1.76. The van der Waals surface area contributed by atoms with Crippen LogP contribution in [-0.2, 0) is 0 Å². The zero-order chi connectivity index (χ0) is 13.2. The van der Waals surface area contributed by atoms with E-state index >= 15 is 0 Å². The molecule has 0 spiro atoms. The molecule has 3 rings (SSSR count). The van der Waals surface area contributed by atoms with E-state index in [1.807, 2.05) is 0 Å². The number of nitrogens with zero attached hydrogens (tertiary/aromatic N) is 3. The Morgan fingerprint density at radius 3 is 2.89 bits per heavy atom. The zero-order valence-corrected chi connectivity index (χ0v) is 11.9. The van der Waals surface area contributed by atoms with Gasteiger partial charge in [-0.2, -0.15) is 4.98 Å². The molecule has 0 radical (unpaired) electrons. The Hall–Kier alpha value is -0.940. The standard InChI is InChI=1S/C14H24N4O/c1-10(2)18-9-4-3-7-12(18)14-16-13(17-19-14)11-6-5-8-15-11/h10-12,15H,3-9H2,1-2H3. The summed E-state index contributed by atoms with van der Waals surface area (Å²) < 4.78 is 5.55. The lowest BCUT2D eigenvalue weighted by Crippen LogP contribution is -2.38. The third kappa shape index (κ3) is 2.67. The van der Waals surface area contributed by atoms with Gasteiger partial charge in [0.2, 0.25) is 5.89 Å². The fourth-order valence-corrected chi connectivity index (χ4v) is 3.27. The summed E-state index contributed by atoms with van der Waals surface area (Å²) in [6.45, 7) is 6.69. The van der Waals surface area contributed by atoms with Crippen LogP contribution < -0.4 is 5.32 Å². The van der Waals surface area contributed by atoms with E-state index in [0.29, 0.717) is 18.1 Å². The van der Waals surface area contributed by atoms with Crippen LogP contribution in [0.5, 0.6) is 0 Å². The molecular weight excluding hydrogens is 240 g/mol. The van der Waals surface area contributed by atoms with Crippen molar-refractivity contribution >= 4 is 0 Å². The number of hydrogen-bond donors (Lipinski definition) is 1. The molecule has 2 aliphatic rings. The topological polar surface area (TPSA) is 54.2 Å². The van der Waals surface area contributed by atoms with Crippen LogP contribution in [0.1, 0.15) is 69.8 Å². The first kappa shape index (κ1) is 13.1. The molecule has 5 heteroatoms. The van der Waals surface area contributed by atoms with E-state index < -0.39 is 0 Å². The molecule has 2 unspecified atom stereocenters. The molecule has 0 aromatic carbocycles. The van der Waals surface area contributed by atoms with E-state index in [1.54, 1.807) is 0 Å². The van der Waals surface area contributed by atoms with Crippen LogP contribution in [0.3, 0.4) is 0 Å². The van der Waals surface area contributed by atoms with E-state index in [1.165, 1.54) is 19.3 Å². The van der Waals surface area contributed by atoms with Gasteiger partial charge in [-0.3, -0.25) is 4.90 Å². The fourth-order valence-electron chi connectivity index (χ4n) is 3.27. The molecule has 0 amide bonds. The molecule has 2 fully saturated rings. The lowest BCUT2D eigenvalue weighted by molar-refractivity contribution is 0.0875. The molecule has 5 nitrogen and oxygen atoms in total. The minimum Gasteiger partial charge on any atom is -0.338 e. The van der Waals surface area contributed by atoms with E-state index in [9.17, 15) is 0 Å². The largest absolute Gasteiger partial charge is 0.338 e. The van der Waals surface area contributed by atoms with Gasteiger partial charge in [-0.15, -0.1) is 0 Å². The molecule has 1 aromatic rings. The third-order valence-electron chi connectivity index (χ3n) is 4.32. The lowest BCUT2D eigenvalue weighted by atomic mass is 10.0. The lowest BCUT2D eigenvalue weighted by Gasteiger charge is -2.36. The van der Waals surface area contributed by atoms with Crippen molar-refractivity contribution in [2.75, 3.05) is 13.1 Å². The molecule has 0 bridgehead atoms. The van der Waals surface area contributed by atoms with Gasteiger partial charge in [-0.1, -0.05) is 11.6 Å². The Bertz CT molecular complexity index is 411. The number of nitrogens with one attached hydrogen (secondary N) is 1. The number of likely N-dealkylation sites (tertiary alicyclic amines) is 1. The Morgan fingerprint density at radius 1 is 1.26 bits per heavy atom. The average molecular weight is 264 g/mol. The van der Waals surface area contributed by atoms with Crippen molar-refractivity contribution in [2.24, 2.45) is 0 Å². The summed E-state index contributed by atoms with van der Waals surface area (Å²) in [6.07, 6.45) is 6.00. The molecule has 1 aromatic heterocycles. The Kier molecular flexibility index (Phi) is 3.84. The average Bonchev–Trinajstić information content (AvgIpc) is 3.09. The second kappa shape index (κ2) is 5.59. The van der Waals surface area contributed by atoms with E-state index in [4.69, 9.17) is 4.52 Å². The number of hydrogen-bond acceptors (Lipinski definition) is 5. The van der Waals surface area contributed by atoms with E-state index in [-0.39, 0.29) is 0 Å². The number of rotatable bonds is 3. The van der Waals surface area contributed by atoms with Crippen LogP contribution in [0.25, 0.3) is 0 Å². The molecule has 0 aliphatic carbocycles. The van der Waals surface area contributed by atoms with Crippen LogP contribution in [0.15, 0.2) is 4.52 Å². The van der Waals surface area contributed by atoms with Crippen LogP contribution in [0.4, 0.5) is 0 Å². The first-order chi connectivity index (χ1) is 9.25. The van der Waals surface area contributed by atoms with Crippen molar-refractivity contribution in [3.63, 3.8) is 0 Å². The number of aromatic nitrogens is 2. The SMILES string of the molecule is CC(C)N1CCCCC1c1nc(C2CCCN2)no1. The van der Waals surface area contributed by atoms with Crippen LogP contribution in [-0.4, -0.2) is 34.2 Å². The second-order valence-electron chi connectivity index (χ2n) is 5.98. The summed E-state index contributed by atoms with van der Waals surface area (Å²) in [4.78, 5) is 7.16. The maximum Gasteiger partial charge on any atom is 0.244 e. The fraction of sp³-hybridized carbons (Fsp3) is 0.857. The first-order valence-electron chi connectivity index (χ1n) is 7.58. The van der Waals surface area contributed by atoms with E-state index in [0.717, 1.165) is 37.6 Å². The van der Waals surface area contributed by atoms with Crippen molar-refractivity contribution in [3.8, 4) is 0 Å². The highest BCUT2D eigenvalue weighted by Gasteiger charge is 2.31. The summed E-state index contributed by atoms with van der Waals surface area (Å²) in [5.74, 6) is 1.67. The van der Waals surface area contributed by atoms with E-state index in [2.05, 4.69) is 34.2 Å². The minimum absolute atomic E-state index is 0.300. The van der Waals surface area contributed by atoms with Crippen molar-refractivity contribution in [2.45, 2.75) is 64.1 Å². The van der Waals surface area contributed by atoms with Gasteiger partial charge >= 0.3 is 0 Å². The molecule has 106 valence electrons. The van der Waals surface area contributed by atoms with Gasteiger partial charge in [0.1, 0.15) is 0 Å². The van der Waals surface area contributed by atoms with Gasteiger partial charge in [0, 0.05) is 6.04 Å². The highest BCUT2D eigenvalue weighted by atomic mass is 16.5. The smallest absolute Gasteiger partial charge is 0.244 e. The third-order valence-corrected chi connectivity index (χ3v) is 4.32. The summed E-state index contributed by atoms with van der Waals surface area (Å²) in [7, 11) is 0. The van der Waals surface area contributed by atoms with Crippen LogP contribution >= 0.6 is 0 Å². The van der Waals surface area contributed by atoms with Gasteiger partial charge in [0.15, 0.2) is 5.82 Å². The van der Waals surface area contributed by atoms with Crippen molar-refractivity contribution in [3.05, 3.63) is 11.7 Å². The molecule has 1 N–H and O–H groups in total. The highest BCUT2D eigenvalue weighted by molar-refractivity contribution is 5.01. The molecule has 2 saturated heterocycles. The van der Waals surface area contributed by atoms with Crippen LogP contribution in [0.2, 0.25) is 0 Å². The summed E-state index contributed by atoms with van der Waals surface area (Å²) in [6, 6.07) is 1.15. The summed E-state index contributed by atoms with van der Waals surface area (Å²) in [5.41, 5.74) is 0. The minimum atomic E-state index is 0.300. The molecule has 0 saturated carbocycles. The van der Waals surface area contributed by atoms with Gasteiger partial charge in [-0.25, -0.2) is 0 Å². The monoisotopic (exact) mass is 264 g/mol. The molecular formula is C14H24N4O. The molecule has 2 atom stereocenters. The zero-order valence-electron chi connectivity index (χ0n) is 11.9. The maximum atomic E-state index is 5.55. The molecule has 19 heavy (non-hydrogen) atoms. The Morgan fingerprint density at radius 2 is 2.16 bits per heavy atom. The van der Waals surface area contributed by atoms with Crippen LogP contribution in [0, 0.1) is 0 Å².